The number of rotatable bonds is 9. The van der Waals surface area contributed by atoms with Crippen LogP contribution in [0.1, 0.15) is 44.7 Å². The summed E-state index contributed by atoms with van der Waals surface area (Å²) in [6.45, 7) is 6.08. The summed E-state index contributed by atoms with van der Waals surface area (Å²) in [7, 11) is 0. The van der Waals surface area contributed by atoms with Crippen molar-refractivity contribution in [2.24, 2.45) is 0 Å². The molecule has 1 N–H and O–H groups in total. The molecule has 0 aliphatic rings. The van der Waals surface area contributed by atoms with E-state index >= 15 is 0 Å². The minimum atomic E-state index is -0.608. The van der Waals surface area contributed by atoms with Crippen LogP contribution >= 0.6 is 34.8 Å². The van der Waals surface area contributed by atoms with Gasteiger partial charge in [0.2, 0.25) is 11.8 Å². The molecule has 0 saturated carbocycles. The van der Waals surface area contributed by atoms with Gasteiger partial charge in [-0.2, -0.15) is 0 Å². The van der Waals surface area contributed by atoms with Gasteiger partial charge in [0.1, 0.15) is 6.04 Å². The van der Waals surface area contributed by atoms with Gasteiger partial charge < -0.3 is 10.2 Å². The second-order valence-electron chi connectivity index (χ2n) is 7.28. The van der Waals surface area contributed by atoms with Gasteiger partial charge in [0.25, 0.3) is 0 Å². The fraction of sp³-hybridized carbons (Fsp3) is 0.391. The third kappa shape index (κ3) is 6.63. The first-order valence-corrected chi connectivity index (χ1v) is 11.2. The molecule has 0 fully saturated rings. The lowest BCUT2D eigenvalue weighted by molar-refractivity contribution is -0.141. The molecule has 2 aromatic rings. The highest BCUT2D eigenvalue weighted by molar-refractivity contribution is 6.42. The van der Waals surface area contributed by atoms with Crippen LogP contribution in [0.5, 0.6) is 0 Å². The van der Waals surface area contributed by atoms with Crippen molar-refractivity contribution in [1.29, 1.82) is 0 Å². The Labute approximate surface area is 193 Å². The van der Waals surface area contributed by atoms with E-state index in [0.717, 1.165) is 17.5 Å². The summed E-state index contributed by atoms with van der Waals surface area (Å²) >= 11 is 18.4. The van der Waals surface area contributed by atoms with E-state index in [2.05, 4.69) is 5.32 Å². The molecule has 2 atom stereocenters. The molecule has 162 valence electrons. The van der Waals surface area contributed by atoms with Crippen LogP contribution in [0, 0.1) is 0 Å². The van der Waals surface area contributed by atoms with E-state index in [1.54, 1.807) is 23.1 Å². The van der Waals surface area contributed by atoms with Crippen LogP contribution in [0.25, 0.3) is 0 Å². The molecule has 2 aromatic carbocycles. The number of amides is 2. The molecule has 2 unspecified atom stereocenters. The summed E-state index contributed by atoms with van der Waals surface area (Å²) in [4.78, 5) is 27.8. The highest BCUT2D eigenvalue weighted by Gasteiger charge is 2.29. The zero-order chi connectivity index (χ0) is 22.3. The van der Waals surface area contributed by atoms with Crippen LogP contribution in [0.2, 0.25) is 15.1 Å². The average Bonchev–Trinajstić information content (AvgIpc) is 2.72. The Morgan fingerprint density at radius 2 is 1.67 bits per heavy atom. The summed E-state index contributed by atoms with van der Waals surface area (Å²) in [5, 5.41) is 4.36. The Kier molecular flexibility index (Phi) is 9.47. The highest BCUT2D eigenvalue weighted by Crippen LogP contribution is 2.25. The standard InChI is InChI=1S/C23H27Cl3N2O2/c1-4-15(3)27-23(30)21(5-2)28(14-16-10-11-19(25)20(26)12-16)22(29)13-17-8-6-7-9-18(17)24/h6-12,15,21H,4-5,13-14H2,1-3H3,(H,27,30). The highest BCUT2D eigenvalue weighted by atomic mass is 35.5. The number of benzene rings is 2. The molecule has 0 radical (unpaired) electrons. The Morgan fingerprint density at radius 1 is 0.967 bits per heavy atom. The largest absolute Gasteiger partial charge is 0.352 e. The maximum atomic E-state index is 13.3. The van der Waals surface area contributed by atoms with Gasteiger partial charge in [-0.1, -0.05) is 72.9 Å². The van der Waals surface area contributed by atoms with E-state index in [0.29, 0.717) is 21.5 Å². The van der Waals surface area contributed by atoms with Crippen LogP contribution in [0.15, 0.2) is 42.5 Å². The third-order valence-corrected chi connectivity index (χ3v) is 6.13. The average molecular weight is 470 g/mol. The number of nitrogens with one attached hydrogen (secondary N) is 1. The Morgan fingerprint density at radius 3 is 2.27 bits per heavy atom. The Balaban J connectivity index is 2.34. The van der Waals surface area contributed by atoms with Crippen molar-refractivity contribution in [3.8, 4) is 0 Å². The fourth-order valence-electron chi connectivity index (χ4n) is 3.10. The molecule has 0 aliphatic carbocycles. The molecule has 2 amide bonds. The minimum Gasteiger partial charge on any atom is -0.352 e. The topological polar surface area (TPSA) is 49.4 Å². The van der Waals surface area contributed by atoms with Crippen molar-refractivity contribution in [2.45, 2.75) is 58.7 Å². The number of hydrogen-bond donors (Lipinski definition) is 1. The number of halogens is 3. The summed E-state index contributed by atoms with van der Waals surface area (Å²) in [6.07, 6.45) is 1.40. The fourth-order valence-corrected chi connectivity index (χ4v) is 3.62. The molecule has 30 heavy (non-hydrogen) atoms. The molecule has 0 aromatic heterocycles. The molecule has 0 heterocycles. The van der Waals surface area contributed by atoms with Gasteiger partial charge in [-0.3, -0.25) is 9.59 Å². The number of hydrogen-bond acceptors (Lipinski definition) is 2. The Bertz CT molecular complexity index is 889. The van der Waals surface area contributed by atoms with Gasteiger partial charge in [-0.15, -0.1) is 0 Å². The van der Waals surface area contributed by atoms with Gasteiger partial charge in [0.15, 0.2) is 0 Å². The quantitative estimate of drug-likeness (QED) is 0.496. The first-order valence-electron chi connectivity index (χ1n) is 10.0. The van der Waals surface area contributed by atoms with Crippen molar-refractivity contribution in [3.05, 3.63) is 68.7 Å². The molecular formula is C23H27Cl3N2O2. The van der Waals surface area contributed by atoms with Crippen molar-refractivity contribution >= 4 is 46.6 Å². The predicted molar refractivity (Wildman–Crippen MR) is 124 cm³/mol. The molecule has 2 rings (SSSR count). The lowest BCUT2D eigenvalue weighted by Gasteiger charge is -2.31. The lowest BCUT2D eigenvalue weighted by atomic mass is 10.1. The van der Waals surface area contributed by atoms with Crippen LogP contribution < -0.4 is 5.32 Å². The van der Waals surface area contributed by atoms with Crippen LogP contribution in [-0.2, 0) is 22.6 Å². The van der Waals surface area contributed by atoms with Gasteiger partial charge in [-0.25, -0.2) is 0 Å². The summed E-state index contributed by atoms with van der Waals surface area (Å²) in [5.74, 6) is -0.347. The van der Waals surface area contributed by atoms with E-state index in [1.807, 2.05) is 45.0 Å². The summed E-state index contributed by atoms with van der Waals surface area (Å²) in [6, 6.07) is 11.9. The monoisotopic (exact) mass is 468 g/mol. The van der Waals surface area contributed by atoms with Crippen molar-refractivity contribution in [2.75, 3.05) is 0 Å². The maximum Gasteiger partial charge on any atom is 0.243 e. The molecule has 0 spiro atoms. The minimum absolute atomic E-state index is 0.0250. The zero-order valence-electron chi connectivity index (χ0n) is 17.4. The van der Waals surface area contributed by atoms with Gasteiger partial charge in [0.05, 0.1) is 16.5 Å². The number of carbonyl (C=O) groups is 2. The smallest absolute Gasteiger partial charge is 0.243 e. The molecule has 0 bridgehead atoms. The number of carbonyl (C=O) groups excluding carboxylic acids is 2. The van der Waals surface area contributed by atoms with Crippen molar-refractivity contribution in [1.82, 2.24) is 10.2 Å². The third-order valence-electron chi connectivity index (χ3n) is 5.02. The second kappa shape index (κ2) is 11.6. The normalized spacial score (nSPS) is 12.9. The van der Waals surface area contributed by atoms with Crippen LogP contribution in [0.4, 0.5) is 0 Å². The van der Waals surface area contributed by atoms with E-state index in [4.69, 9.17) is 34.8 Å². The van der Waals surface area contributed by atoms with Gasteiger partial charge in [-0.05, 0) is 49.1 Å². The lowest BCUT2D eigenvalue weighted by Crippen LogP contribution is -2.51. The van der Waals surface area contributed by atoms with Crippen LogP contribution in [0.3, 0.4) is 0 Å². The first-order chi connectivity index (χ1) is 14.3. The van der Waals surface area contributed by atoms with Gasteiger partial charge in [0, 0.05) is 17.6 Å². The van der Waals surface area contributed by atoms with E-state index in [9.17, 15) is 9.59 Å². The zero-order valence-corrected chi connectivity index (χ0v) is 19.7. The molecule has 0 saturated heterocycles. The molecule has 4 nitrogen and oxygen atoms in total. The molecule has 0 aliphatic heterocycles. The van der Waals surface area contributed by atoms with Crippen molar-refractivity contribution < 1.29 is 9.59 Å². The first kappa shape index (κ1) is 24.5. The van der Waals surface area contributed by atoms with Crippen LogP contribution in [-0.4, -0.2) is 28.8 Å². The van der Waals surface area contributed by atoms with E-state index < -0.39 is 6.04 Å². The molecule has 7 heteroatoms. The van der Waals surface area contributed by atoms with Gasteiger partial charge >= 0.3 is 0 Å². The summed E-state index contributed by atoms with van der Waals surface area (Å²) < 4.78 is 0. The van der Waals surface area contributed by atoms with E-state index in [-0.39, 0.29) is 30.8 Å². The van der Waals surface area contributed by atoms with Crippen molar-refractivity contribution in [3.63, 3.8) is 0 Å². The predicted octanol–water partition coefficient (Wildman–Crippen LogP) is 5.91. The molecular weight excluding hydrogens is 443 g/mol. The number of nitrogens with zero attached hydrogens (tertiary/aromatic N) is 1. The summed E-state index contributed by atoms with van der Waals surface area (Å²) in [5.41, 5.74) is 1.52. The Hall–Kier alpha value is -1.75. The van der Waals surface area contributed by atoms with E-state index in [1.165, 1.54) is 0 Å². The second-order valence-corrected chi connectivity index (χ2v) is 8.50. The SMILES string of the molecule is CCC(C)NC(=O)C(CC)N(Cc1ccc(Cl)c(Cl)c1)C(=O)Cc1ccccc1Cl. The maximum absolute atomic E-state index is 13.3.